The standard InChI is InChI=1S/C22H25N3O6.ClH/c1-28-17-6-4-13-7-19(17)30-12-21(26)25-16-10-23-11-20(16)31-15-5-3-14(9-24-22(13)27)18(8-15)29-2;/h3-8,16,20,23H,9-12H2,1-2H3,(H,24,27)(H,25,26);1H/t16-,20-;/m1./s1. The van der Waals surface area contributed by atoms with Crippen LogP contribution in [-0.2, 0) is 11.3 Å². The molecule has 0 unspecified atom stereocenters. The van der Waals surface area contributed by atoms with Gasteiger partial charge in [-0.3, -0.25) is 9.59 Å². The molecule has 2 aromatic rings. The van der Waals surface area contributed by atoms with Crippen molar-refractivity contribution < 1.29 is 28.5 Å². The normalized spacial score (nSPS) is 20.4. The summed E-state index contributed by atoms with van der Waals surface area (Å²) in [5.74, 6) is 1.39. The number of carbonyl (C=O) groups is 2. The average Bonchev–Trinajstić information content (AvgIpc) is 3.21. The molecule has 32 heavy (non-hydrogen) atoms. The van der Waals surface area contributed by atoms with Crippen molar-refractivity contribution in [1.29, 1.82) is 0 Å². The topological polar surface area (TPSA) is 107 Å². The minimum absolute atomic E-state index is 0. The van der Waals surface area contributed by atoms with Crippen LogP contribution in [0.4, 0.5) is 0 Å². The van der Waals surface area contributed by atoms with Crippen LogP contribution in [0.15, 0.2) is 36.4 Å². The van der Waals surface area contributed by atoms with Crippen LogP contribution in [0.2, 0.25) is 0 Å². The van der Waals surface area contributed by atoms with Gasteiger partial charge in [0.2, 0.25) is 0 Å². The quantitative estimate of drug-likeness (QED) is 0.616. The Hall–Kier alpha value is -3.17. The summed E-state index contributed by atoms with van der Waals surface area (Å²) in [6, 6.07) is 10.1. The van der Waals surface area contributed by atoms with Crippen LogP contribution >= 0.6 is 12.4 Å². The molecule has 172 valence electrons. The van der Waals surface area contributed by atoms with Gasteiger partial charge in [0.15, 0.2) is 18.1 Å². The number of carbonyl (C=O) groups excluding carboxylic acids is 2. The smallest absolute Gasteiger partial charge is 0.258 e. The lowest BCUT2D eigenvalue weighted by molar-refractivity contribution is -0.124. The predicted octanol–water partition coefficient (Wildman–Crippen LogP) is 1.28. The van der Waals surface area contributed by atoms with Gasteiger partial charge in [-0.25, -0.2) is 0 Å². The van der Waals surface area contributed by atoms with Crippen LogP contribution in [-0.4, -0.2) is 57.9 Å². The molecule has 4 bridgehead atoms. The van der Waals surface area contributed by atoms with Gasteiger partial charge in [0.25, 0.3) is 11.8 Å². The summed E-state index contributed by atoms with van der Waals surface area (Å²) in [7, 11) is 3.07. The van der Waals surface area contributed by atoms with E-state index in [1.807, 2.05) is 12.1 Å². The molecule has 0 spiro atoms. The van der Waals surface area contributed by atoms with Crippen molar-refractivity contribution in [3.05, 3.63) is 47.5 Å². The summed E-state index contributed by atoms with van der Waals surface area (Å²) in [5.41, 5.74) is 1.20. The van der Waals surface area contributed by atoms with E-state index in [0.717, 1.165) is 5.56 Å². The van der Waals surface area contributed by atoms with Gasteiger partial charge < -0.3 is 34.9 Å². The number of hydrogen-bond donors (Lipinski definition) is 3. The highest BCUT2D eigenvalue weighted by Gasteiger charge is 2.30. The Morgan fingerprint density at radius 3 is 2.59 bits per heavy atom. The van der Waals surface area contributed by atoms with Crippen molar-refractivity contribution in [2.45, 2.75) is 18.7 Å². The largest absolute Gasteiger partial charge is 0.496 e. The van der Waals surface area contributed by atoms with Crippen LogP contribution in [0.25, 0.3) is 0 Å². The van der Waals surface area contributed by atoms with Gasteiger partial charge in [0.1, 0.15) is 17.6 Å². The molecule has 2 atom stereocenters. The second-order valence-electron chi connectivity index (χ2n) is 7.30. The molecule has 0 saturated carbocycles. The zero-order valence-corrected chi connectivity index (χ0v) is 18.6. The SMILES string of the molecule is COc1cc2ccc1CNC(=O)c1ccc(OC)c(c1)OCC(=O)N[C@@H]1CNC[C@H]1O2.Cl. The Morgan fingerprint density at radius 1 is 1.00 bits per heavy atom. The average molecular weight is 464 g/mol. The third-order valence-corrected chi connectivity index (χ3v) is 5.27. The third-order valence-electron chi connectivity index (χ3n) is 5.27. The lowest BCUT2D eigenvalue weighted by Gasteiger charge is -2.22. The third kappa shape index (κ3) is 5.17. The molecule has 1 fully saturated rings. The highest BCUT2D eigenvalue weighted by atomic mass is 35.5. The molecule has 3 heterocycles. The van der Waals surface area contributed by atoms with E-state index >= 15 is 0 Å². The van der Waals surface area contributed by atoms with E-state index in [4.69, 9.17) is 18.9 Å². The Balaban J connectivity index is 0.00000289. The fraction of sp³-hybridized carbons (Fsp3) is 0.364. The molecule has 3 aliphatic rings. The van der Waals surface area contributed by atoms with Crippen molar-refractivity contribution in [3.8, 4) is 23.0 Å². The summed E-state index contributed by atoms with van der Waals surface area (Å²) in [4.78, 5) is 25.2. The van der Waals surface area contributed by atoms with Crippen LogP contribution in [0.3, 0.4) is 0 Å². The first kappa shape index (κ1) is 23.5. The zero-order chi connectivity index (χ0) is 21.8. The molecule has 2 amide bonds. The number of methoxy groups -OCH3 is 2. The van der Waals surface area contributed by atoms with Crippen LogP contribution in [0, 0.1) is 0 Å². The van der Waals surface area contributed by atoms with Gasteiger partial charge >= 0.3 is 0 Å². The Labute approximate surface area is 192 Å². The van der Waals surface area contributed by atoms with Crippen molar-refractivity contribution >= 4 is 24.2 Å². The van der Waals surface area contributed by atoms with Gasteiger partial charge in [-0.15, -0.1) is 12.4 Å². The van der Waals surface area contributed by atoms with Gasteiger partial charge in [-0.05, 0) is 30.3 Å². The molecule has 2 aromatic carbocycles. The zero-order valence-electron chi connectivity index (χ0n) is 17.8. The summed E-state index contributed by atoms with van der Waals surface area (Å²) in [5, 5.41) is 9.05. The van der Waals surface area contributed by atoms with Gasteiger partial charge in [-0.1, -0.05) is 0 Å². The maximum atomic E-state index is 12.7. The number of fused-ring (bicyclic) bond motifs is 7. The lowest BCUT2D eigenvalue weighted by atomic mass is 10.1. The van der Waals surface area contributed by atoms with Crippen LogP contribution < -0.4 is 34.9 Å². The molecule has 5 rings (SSSR count). The van der Waals surface area contributed by atoms with Crippen molar-refractivity contribution in [3.63, 3.8) is 0 Å². The summed E-state index contributed by atoms with van der Waals surface area (Å²) in [6.07, 6.45) is -0.243. The maximum Gasteiger partial charge on any atom is 0.258 e. The summed E-state index contributed by atoms with van der Waals surface area (Å²) in [6.45, 7) is 1.25. The second kappa shape index (κ2) is 10.4. The van der Waals surface area contributed by atoms with Gasteiger partial charge in [0, 0.05) is 36.8 Å². The number of hydrogen-bond acceptors (Lipinski definition) is 7. The molecule has 0 aromatic heterocycles. The Bertz CT molecular complexity index is 986. The molecular formula is C22H26ClN3O6. The first-order valence-electron chi connectivity index (χ1n) is 10.00. The molecule has 0 radical (unpaired) electrons. The maximum absolute atomic E-state index is 12.7. The second-order valence-corrected chi connectivity index (χ2v) is 7.30. The van der Waals surface area contributed by atoms with E-state index in [9.17, 15) is 9.59 Å². The molecular weight excluding hydrogens is 438 g/mol. The monoisotopic (exact) mass is 463 g/mol. The minimum Gasteiger partial charge on any atom is -0.496 e. The van der Waals surface area contributed by atoms with E-state index in [-0.39, 0.29) is 49.5 Å². The molecule has 1 saturated heterocycles. The van der Waals surface area contributed by atoms with Crippen LogP contribution in [0.5, 0.6) is 23.0 Å². The molecule has 0 aliphatic carbocycles. The molecule has 3 N–H and O–H groups in total. The van der Waals surface area contributed by atoms with Crippen molar-refractivity contribution in [2.24, 2.45) is 0 Å². The number of ether oxygens (including phenoxy) is 4. The predicted molar refractivity (Wildman–Crippen MR) is 119 cm³/mol. The van der Waals surface area contributed by atoms with E-state index in [1.165, 1.54) is 7.11 Å². The number of rotatable bonds is 2. The Kier molecular flexibility index (Phi) is 7.66. The van der Waals surface area contributed by atoms with E-state index in [1.54, 1.807) is 31.4 Å². The van der Waals surface area contributed by atoms with Gasteiger partial charge in [-0.2, -0.15) is 0 Å². The fourth-order valence-corrected chi connectivity index (χ4v) is 3.64. The van der Waals surface area contributed by atoms with Crippen LogP contribution in [0.1, 0.15) is 15.9 Å². The number of halogens is 1. The molecule has 10 heteroatoms. The number of nitrogens with one attached hydrogen (secondary N) is 3. The first-order chi connectivity index (χ1) is 15.1. The van der Waals surface area contributed by atoms with E-state index in [0.29, 0.717) is 41.7 Å². The van der Waals surface area contributed by atoms with Crippen molar-refractivity contribution in [2.75, 3.05) is 33.9 Å². The number of benzene rings is 2. The fourth-order valence-electron chi connectivity index (χ4n) is 3.64. The van der Waals surface area contributed by atoms with Crippen molar-refractivity contribution in [1.82, 2.24) is 16.0 Å². The van der Waals surface area contributed by atoms with E-state index in [2.05, 4.69) is 16.0 Å². The Morgan fingerprint density at radius 2 is 1.81 bits per heavy atom. The highest BCUT2D eigenvalue weighted by molar-refractivity contribution is 5.95. The summed E-state index contributed by atoms with van der Waals surface area (Å²) >= 11 is 0. The lowest BCUT2D eigenvalue weighted by Crippen LogP contribution is -2.46. The summed E-state index contributed by atoms with van der Waals surface area (Å²) < 4.78 is 22.5. The molecule has 9 nitrogen and oxygen atoms in total. The van der Waals surface area contributed by atoms with Gasteiger partial charge in [0.05, 0.1) is 20.3 Å². The first-order valence-corrected chi connectivity index (χ1v) is 10.00. The minimum atomic E-state index is -0.295. The van der Waals surface area contributed by atoms with E-state index < -0.39 is 0 Å². The highest BCUT2D eigenvalue weighted by Crippen LogP contribution is 2.29. The molecule has 3 aliphatic heterocycles. The number of amides is 2.